The fraction of sp³-hybridized carbons (Fsp3) is 0.562. The zero-order valence-corrected chi connectivity index (χ0v) is 27.2. The largest absolute Gasteiger partial charge is 0.496 e. The Morgan fingerprint density at radius 3 is 2.10 bits per heavy atom. The lowest BCUT2D eigenvalue weighted by molar-refractivity contribution is -0.105. The van der Waals surface area contributed by atoms with Crippen LogP contribution in [0.3, 0.4) is 0 Å². The number of nitrogens with one attached hydrogen (secondary N) is 1. The van der Waals surface area contributed by atoms with Gasteiger partial charge in [-0.05, 0) is 76.2 Å². The van der Waals surface area contributed by atoms with E-state index in [2.05, 4.69) is 5.43 Å². The number of ether oxygens (including phenoxy) is 3. The van der Waals surface area contributed by atoms with Crippen LogP contribution in [-0.4, -0.2) is 62.5 Å². The lowest BCUT2D eigenvalue weighted by Crippen LogP contribution is -2.56. The van der Waals surface area contributed by atoms with E-state index in [1.807, 2.05) is 62.3 Å². The van der Waals surface area contributed by atoms with Crippen molar-refractivity contribution in [2.75, 3.05) is 21.3 Å². The highest BCUT2D eigenvalue weighted by molar-refractivity contribution is 6.62. The molecule has 0 aromatic heterocycles. The Morgan fingerprint density at radius 2 is 1.60 bits per heavy atom. The molecule has 0 unspecified atom stereocenters. The van der Waals surface area contributed by atoms with Crippen molar-refractivity contribution in [1.29, 1.82) is 0 Å². The third-order valence-corrected chi connectivity index (χ3v) is 8.41. The fourth-order valence-electron chi connectivity index (χ4n) is 5.29. The van der Waals surface area contributed by atoms with Crippen molar-refractivity contribution < 1.29 is 33.1 Å². The molecule has 0 aliphatic carbocycles. The van der Waals surface area contributed by atoms with Gasteiger partial charge in [0.05, 0.1) is 24.4 Å². The van der Waals surface area contributed by atoms with Crippen LogP contribution in [0.5, 0.6) is 5.75 Å². The van der Waals surface area contributed by atoms with E-state index in [0.29, 0.717) is 39.9 Å². The van der Waals surface area contributed by atoms with Gasteiger partial charge in [0.25, 0.3) is 11.8 Å². The average molecular weight is 583 g/mol. The zero-order chi connectivity index (χ0) is 31.6. The topological polar surface area (TPSA) is 95.6 Å². The number of carbonyl (C=O) groups excluding carboxylic acids is 2. The maximum Gasteiger partial charge on any atom is 0.495 e. The van der Waals surface area contributed by atoms with E-state index < -0.39 is 30.5 Å². The van der Waals surface area contributed by atoms with Crippen molar-refractivity contribution in [2.24, 2.45) is 5.41 Å². The normalized spacial score (nSPS) is 16.8. The SMILES string of the molecule is CC[C@@H](N(NC(=O)c1cccc(OC)c1C)C(=O)c1ccc(C(OC)OC)c(B2OC(C)(C)C(C)(C)O2)c1)C(C)(C)C. The molecule has 230 valence electrons. The van der Waals surface area contributed by atoms with Crippen molar-refractivity contribution in [1.82, 2.24) is 10.4 Å². The third kappa shape index (κ3) is 6.67. The molecule has 1 aliphatic heterocycles. The standard InChI is InChI=1S/C32H47BN2O7/c1-13-26(30(3,4)5)35(34-27(36)22-15-14-16-25(38-10)20(22)2)28(37)21-17-18-23(29(39-11)40-12)24(19-21)33-41-31(6,7)32(8,9)42-33/h14-19,26,29H,13H2,1-12H3,(H,34,36)/t26-/m1/s1. The zero-order valence-electron chi connectivity index (χ0n) is 27.2. The summed E-state index contributed by atoms with van der Waals surface area (Å²) in [6.45, 7) is 17.8. The minimum Gasteiger partial charge on any atom is -0.496 e. The fourth-order valence-corrected chi connectivity index (χ4v) is 5.29. The Hall–Kier alpha value is -2.92. The van der Waals surface area contributed by atoms with Gasteiger partial charge in [-0.15, -0.1) is 0 Å². The molecule has 0 saturated carbocycles. The Bertz CT molecular complexity index is 1270. The summed E-state index contributed by atoms with van der Waals surface area (Å²) in [5.74, 6) is -0.165. The molecule has 0 radical (unpaired) electrons. The van der Waals surface area contributed by atoms with E-state index in [1.165, 1.54) is 5.01 Å². The van der Waals surface area contributed by atoms with Crippen LogP contribution in [0.2, 0.25) is 0 Å². The number of hydrazine groups is 1. The number of amides is 2. The molecule has 9 nitrogen and oxygen atoms in total. The summed E-state index contributed by atoms with van der Waals surface area (Å²) in [5, 5.41) is 1.45. The van der Waals surface area contributed by atoms with Crippen molar-refractivity contribution in [3.63, 3.8) is 0 Å². The molecule has 0 bridgehead atoms. The van der Waals surface area contributed by atoms with Crippen LogP contribution in [0.15, 0.2) is 36.4 Å². The highest BCUT2D eigenvalue weighted by Crippen LogP contribution is 2.37. The van der Waals surface area contributed by atoms with E-state index in [1.54, 1.807) is 57.7 Å². The summed E-state index contributed by atoms with van der Waals surface area (Å²) in [4.78, 5) is 28.0. The van der Waals surface area contributed by atoms with Gasteiger partial charge < -0.3 is 23.5 Å². The van der Waals surface area contributed by atoms with Crippen LogP contribution < -0.4 is 15.6 Å². The highest BCUT2D eigenvalue weighted by Gasteiger charge is 2.52. The van der Waals surface area contributed by atoms with Crippen molar-refractivity contribution >= 4 is 24.4 Å². The van der Waals surface area contributed by atoms with Gasteiger partial charge in [0, 0.05) is 36.5 Å². The van der Waals surface area contributed by atoms with Crippen LogP contribution in [0.1, 0.15) is 99.9 Å². The Morgan fingerprint density at radius 1 is 1.00 bits per heavy atom. The minimum atomic E-state index is -0.766. The second-order valence-electron chi connectivity index (χ2n) is 12.8. The number of hydrogen-bond acceptors (Lipinski definition) is 7. The quantitative estimate of drug-likeness (QED) is 0.247. The maximum absolute atomic E-state index is 14.4. The molecule has 2 aromatic carbocycles. The van der Waals surface area contributed by atoms with Crippen LogP contribution in [0.25, 0.3) is 0 Å². The highest BCUT2D eigenvalue weighted by atomic mass is 16.7. The van der Waals surface area contributed by atoms with Gasteiger partial charge in [0.1, 0.15) is 5.75 Å². The van der Waals surface area contributed by atoms with Crippen LogP contribution in [-0.2, 0) is 18.8 Å². The minimum absolute atomic E-state index is 0.314. The molecule has 3 rings (SSSR count). The number of benzene rings is 2. The van der Waals surface area contributed by atoms with Crippen molar-refractivity contribution in [3.8, 4) is 5.75 Å². The summed E-state index contributed by atoms with van der Waals surface area (Å²) in [6, 6.07) is 10.2. The van der Waals surface area contributed by atoms with Gasteiger partial charge >= 0.3 is 7.12 Å². The lowest BCUT2D eigenvalue weighted by atomic mass is 9.74. The molecule has 2 amide bonds. The molecule has 1 saturated heterocycles. The smallest absolute Gasteiger partial charge is 0.495 e. The number of methoxy groups -OCH3 is 3. The van der Waals surface area contributed by atoms with E-state index in [4.69, 9.17) is 23.5 Å². The second kappa shape index (κ2) is 12.8. The Labute approximate surface area is 251 Å². The van der Waals surface area contributed by atoms with E-state index in [0.717, 1.165) is 0 Å². The first-order valence-corrected chi connectivity index (χ1v) is 14.4. The summed E-state index contributed by atoms with van der Waals surface area (Å²) in [7, 11) is 3.89. The van der Waals surface area contributed by atoms with Gasteiger partial charge in [-0.1, -0.05) is 39.8 Å². The maximum atomic E-state index is 14.4. The van der Waals surface area contributed by atoms with Gasteiger partial charge in [-0.3, -0.25) is 15.0 Å². The summed E-state index contributed by atoms with van der Waals surface area (Å²) < 4.78 is 29.3. The van der Waals surface area contributed by atoms with Gasteiger partial charge in [-0.25, -0.2) is 5.01 Å². The molecule has 1 heterocycles. The summed E-state index contributed by atoms with van der Waals surface area (Å²) >= 11 is 0. The molecule has 1 N–H and O–H groups in total. The molecule has 0 spiro atoms. The molecule has 1 atom stereocenters. The summed E-state index contributed by atoms with van der Waals surface area (Å²) in [5.41, 5.74) is 4.17. The van der Waals surface area contributed by atoms with Crippen LogP contribution in [0.4, 0.5) is 0 Å². The number of hydrogen-bond donors (Lipinski definition) is 1. The Balaban J connectivity index is 2.11. The molecule has 42 heavy (non-hydrogen) atoms. The van der Waals surface area contributed by atoms with Gasteiger partial charge in [0.2, 0.25) is 0 Å². The number of carbonyl (C=O) groups is 2. The molecular weight excluding hydrogens is 535 g/mol. The molecular formula is C32H47BN2O7. The monoisotopic (exact) mass is 582 g/mol. The molecule has 1 fully saturated rings. The summed E-state index contributed by atoms with van der Waals surface area (Å²) in [6.07, 6.45) is -0.0857. The molecule has 1 aliphatic rings. The lowest BCUT2D eigenvalue weighted by Gasteiger charge is -2.39. The van der Waals surface area contributed by atoms with Crippen molar-refractivity contribution in [2.45, 2.75) is 92.3 Å². The average Bonchev–Trinajstić information content (AvgIpc) is 3.14. The first kappa shape index (κ1) is 33.6. The Kier molecular flexibility index (Phi) is 10.2. The second-order valence-corrected chi connectivity index (χ2v) is 12.8. The molecule has 2 aromatic rings. The van der Waals surface area contributed by atoms with E-state index in [9.17, 15) is 9.59 Å². The third-order valence-electron chi connectivity index (χ3n) is 8.41. The number of nitrogens with zero attached hydrogens (tertiary/aromatic N) is 1. The van der Waals surface area contributed by atoms with Gasteiger partial charge in [0.15, 0.2) is 6.29 Å². The van der Waals surface area contributed by atoms with E-state index >= 15 is 0 Å². The van der Waals surface area contributed by atoms with E-state index in [-0.39, 0.29) is 17.4 Å². The van der Waals surface area contributed by atoms with Crippen LogP contribution in [0, 0.1) is 12.3 Å². The van der Waals surface area contributed by atoms with Gasteiger partial charge in [-0.2, -0.15) is 0 Å². The predicted octanol–water partition coefficient (Wildman–Crippen LogP) is 5.21. The van der Waals surface area contributed by atoms with Crippen molar-refractivity contribution in [3.05, 3.63) is 58.7 Å². The molecule has 10 heteroatoms. The predicted molar refractivity (Wildman–Crippen MR) is 164 cm³/mol. The van der Waals surface area contributed by atoms with Crippen LogP contribution >= 0.6 is 0 Å². The first-order chi connectivity index (χ1) is 19.5. The number of rotatable bonds is 9. The first-order valence-electron chi connectivity index (χ1n) is 14.4.